The van der Waals surface area contributed by atoms with Crippen molar-refractivity contribution >= 4 is 29.3 Å². The molecule has 1 aliphatic heterocycles. The molecule has 9 heteroatoms. The molecule has 1 fully saturated rings. The van der Waals surface area contributed by atoms with Crippen LogP contribution in [-0.2, 0) is 11.8 Å². The van der Waals surface area contributed by atoms with Crippen LogP contribution >= 0.6 is 11.6 Å². The van der Waals surface area contributed by atoms with Gasteiger partial charge in [-0.05, 0) is 67.3 Å². The van der Waals surface area contributed by atoms with Crippen molar-refractivity contribution in [2.45, 2.75) is 38.5 Å². The third-order valence-electron chi connectivity index (χ3n) is 7.15. The molecule has 1 N–H and O–H groups in total. The normalized spacial score (nSPS) is 18.7. The summed E-state index contributed by atoms with van der Waals surface area (Å²) in [5.74, 6) is 0. The van der Waals surface area contributed by atoms with Crippen LogP contribution in [0.15, 0.2) is 49.1 Å². The molecule has 5 rings (SSSR count). The molecule has 0 radical (unpaired) electrons. The number of methoxy groups -OCH3 is 1. The number of hydrogen-bond acceptors (Lipinski definition) is 5. The third-order valence-corrected chi connectivity index (χ3v) is 7.39. The highest BCUT2D eigenvalue weighted by atomic mass is 35.5. The van der Waals surface area contributed by atoms with Gasteiger partial charge in [0.1, 0.15) is 6.10 Å². The van der Waals surface area contributed by atoms with E-state index in [1.165, 1.54) is 0 Å². The van der Waals surface area contributed by atoms with Gasteiger partial charge in [-0.25, -0.2) is 9.78 Å². The van der Waals surface area contributed by atoms with Gasteiger partial charge in [-0.15, -0.1) is 0 Å². The number of rotatable bonds is 4. The number of piperazine rings is 1. The van der Waals surface area contributed by atoms with E-state index < -0.39 is 0 Å². The molecular formula is C29H35ClN6O2. The van der Waals surface area contributed by atoms with E-state index in [4.69, 9.17) is 21.3 Å². The van der Waals surface area contributed by atoms with Crippen molar-refractivity contribution in [3.05, 3.63) is 82.2 Å². The predicted molar refractivity (Wildman–Crippen MR) is 150 cm³/mol. The maximum Gasteiger partial charge on any atom is 0.317 e. The third kappa shape index (κ3) is 5.21. The number of ether oxygens (including phenoxy) is 1. The summed E-state index contributed by atoms with van der Waals surface area (Å²) < 4.78 is 8.07. The van der Waals surface area contributed by atoms with Crippen LogP contribution in [0.5, 0.6) is 0 Å². The van der Waals surface area contributed by atoms with Crippen molar-refractivity contribution in [3.63, 3.8) is 0 Å². The molecule has 2 aliphatic rings. The predicted octanol–water partition coefficient (Wildman–Crippen LogP) is 4.93. The van der Waals surface area contributed by atoms with Gasteiger partial charge in [0.15, 0.2) is 0 Å². The molecule has 3 aromatic rings. The molecule has 0 bridgehead atoms. The van der Waals surface area contributed by atoms with Crippen molar-refractivity contribution < 1.29 is 9.53 Å². The maximum absolute atomic E-state index is 12.8. The van der Waals surface area contributed by atoms with E-state index in [9.17, 15) is 4.79 Å². The van der Waals surface area contributed by atoms with Gasteiger partial charge in [0.25, 0.3) is 0 Å². The highest BCUT2D eigenvalue weighted by Crippen LogP contribution is 2.45. The molecular weight excluding hydrogens is 500 g/mol. The number of carbonyl (C=O) groups excluding carboxylic acids is 1. The Hall–Kier alpha value is -3.20. The quantitative estimate of drug-likeness (QED) is 0.514. The van der Waals surface area contributed by atoms with Gasteiger partial charge in [0.05, 0.1) is 30.0 Å². The van der Waals surface area contributed by atoms with Gasteiger partial charge >= 0.3 is 6.03 Å². The van der Waals surface area contributed by atoms with Crippen molar-refractivity contribution in [2.24, 2.45) is 7.05 Å². The molecule has 2 amide bonds. The minimum atomic E-state index is -0.343. The minimum absolute atomic E-state index is 0.0215. The number of aromatic nitrogens is 3. The number of carbonyl (C=O) groups is 1. The molecule has 1 saturated heterocycles. The minimum Gasteiger partial charge on any atom is -0.370 e. The Balaban J connectivity index is 1.55. The van der Waals surface area contributed by atoms with E-state index in [0.29, 0.717) is 18.1 Å². The Kier molecular flexibility index (Phi) is 7.31. The summed E-state index contributed by atoms with van der Waals surface area (Å²) in [7, 11) is 3.69. The van der Waals surface area contributed by atoms with Crippen molar-refractivity contribution in [3.8, 4) is 0 Å². The lowest BCUT2D eigenvalue weighted by atomic mass is 9.91. The molecule has 38 heavy (non-hydrogen) atoms. The first-order valence-electron chi connectivity index (χ1n) is 12.9. The van der Waals surface area contributed by atoms with E-state index in [1.54, 1.807) is 13.4 Å². The Morgan fingerprint density at radius 1 is 1.18 bits per heavy atom. The lowest BCUT2D eigenvalue weighted by molar-refractivity contribution is 0.115. The monoisotopic (exact) mass is 534 g/mol. The molecule has 2 aromatic heterocycles. The molecule has 8 nitrogen and oxygen atoms in total. The maximum atomic E-state index is 12.8. The number of aryl methyl sites for hydroxylation is 1. The van der Waals surface area contributed by atoms with E-state index in [1.807, 2.05) is 67.9 Å². The Morgan fingerprint density at radius 2 is 1.95 bits per heavy atom. The summed E-state index contributed by atoms with van der Waals surface area (Å²) in [4.78, 5) is 26.4. The molecule has 1 aromatic carbocycles. The second kappa shape index (κ2) is 10.5. The SMILES string of the molecule is CO[C@H](C1=Cc2cccnc2[C@@H](N2CCN(C(=O)NC(C)(C)C)CC2)c2ccc(Cl)cc21)c1cncn1C. The fraction of sp³-hybridized carbons (Fsp3) is 0.414. The summed E-state index contributed by atoms with van der Waals surface area (Å²) in [5, 5.41) is 3.75. The molecule has 200 valence electrons. The average molecular weight is 535 g/mol. The second-order valence-corrected chi connectivity index (χ2v) is 11.4. The van der Waals surface area contributed by atoms with Crippen LogP contribution in [-0.4, -0.2) is 69.2 Å². The molecule has 0 unspecified atom stereocenters. The summed E-state index contributed by atoms with van der Waals surface area (Å²) in [6, 6.07) is 10.0. The Morgan fingerprint density at radius 3 is 2.61 bits per heavy atom. The van der Waals surface area contributed by atoms with Gasteiger partial charge in [-0.3, -0.25) is 9.88 Å². The highest BCUT2D eigenvalue weighted by Gasteiger charge is 2.36. The Labute approximate surface area is 229 Å². The molecule has 0 saturated carbocycles. The van der Waals surface area contributed by atoms with Crippen molar-refractivity contribution in [1.29, 1.82) is 0 Å². The van der Waals surface area contributed by atoms with Crippen LogP contribution < -0.4 is 5.32 Å². The number of amides is 2. The van der Waals surface area contributed by atoms with Crippen LogP contribution in [0.3, 0.4) is 0 Å². The Bertz CT molecular complexity index is 1350. The van der Waals surface area contributed by atoms with Crippen molar-refractivity contribution in [1.82, 2.24) is 29.7 Å². The van der Waals surface area contributed by atoms with Gasteiger partial charge in [-0.1, -0.05) is 23.7 Å². The van der Waals surface area contributed by atoms with Gasteiger partial charge in [0, 0.05) is 57.1 Å². The number of hydrogen-bond donors (Lipinski definition) is 1. The number of halogens is 1. The van der Waals surface area contributed by atoms with E-state index in [0.717, 1.165) is 46.7 Å². The fourth-order valence-electron chi connectivity index (χ4n) is 5.39. The molecule has 3 heterocycles. The lowest BCUT2D eigenvalue weighted by Gasteiger charge is -2.40. The summed E-state index contributed by atoms with van der Waals surface area (Å²) in [6.07, 6.45) is 7.30. The zero-order valence-corrected chi connectivity index (χ0v) is 23.4. The number of nitrogens with one attached hydrogen (secondary N) is 1. The number of benzene rings is 1. The van der Waals surface area contributed by atoms with E-state index >= 15 is 0 Å². The van der Waals surface area contributed by atoms with Gasteiger partial charge in [-0.2, -0.15) is 0 Å². The summed E-state index contributed by atoms with van der Waals surface area (Å²) in [5.41, 5.74) is 5.86. The zero-order valence-electron chi connectivity index (χ0n) is 22.6. The van der Waals surface area contributed by atoms with Crippen LogP contribution in [0.1, 0.15) is 61.0 Å². The van der Waals surface area contributed by atoms with Crippen molar-refractivity contribution in [2.75, 3.05) is 33.3 Å². The average Bonchev–Trinajstić information content (AvgIpc) is 3.24. The lowest BCUT2D eigenvalue weighted by Crippen LogP contribution is -2.55. The first-order valence-corrected chi connectivity index (χ1v) is 13.3. The van der Waals surface area contributed by atoms with Crippen LogP contribution in [0.25, 0.3) is 11.6 Å². The molecule has 2 atom stereocenters. The van der Waals surface area contributed by atoms with E-state index in [2.05, 4.69) is 33.4 Å². The first-order chi connectivity index (χ1) is 18.2. The highest BCUT2D eigenvalue weighted by molar-refractivity contribution is 6.30. The smallest absolute Gasteiger partial charge is 0.317 e. The zero-order chi connectivity index (χ0) is 27.0. The molecule has 0 spiro atoms. The fourth-order valence-corrected chi connectivity index (χ4v) is 5.56. The number of urea groups is 1. The summed E-state index contributed by atoms with van der Waals surface area (Å²) >= 11 is 6.58. The van der Waals surface area contributed by atoms with Crippen LogP contribution in [0.2, 0.25) is 5.02 Å². The summed E-state index contributed by atoms with van der Waals surface area (Å²) in [6.45, 7) is 8.73. The van der Waals surface area contributed by atoms with Crippen LogP contribution in [0, 0.1) is 0 Å². The van der Waals surface area contributed by atoms with Gasteiger partial charge in [0.2, 0.25) is 0 Å². The van der Waals surface area contributed by atoms with Crippen LogP contribution in [0.4, 0.5) is 4.79 Å². The van der Waals surface area contributed by atoms with E-state index in [-0.39, 0.29) is 23.7 Å². The number of fused-ring (bicyclic) bond motifs is 2. The first kappa shape index (κ1) is 26.4. The second-order valence-electron chi connectivity index (χ2n) is 11.0. The topological polar surface area (TPSA) is 75.5 Å². The van der Waals surface area contributed by atoms with Gasteiger partial charge < -0.3 is 19.5 Å². The molecule has 1 aliphatic carbocycles. The largest absolute Gasteiger partial charge is 0.370 e. The standard InChI is InChI=1S/C29H35ClN6O2/c1-29(2,3)33-28(37)36-13-11-35(12-14-36)26-21-9-8-20(30)16-22(21)23(15-19-7-6-10-32-25(19)26)27(38-5)24-17-31-18-34(24)4/h6-10,15-18,26-27H,11-14H2,1-5H3,(H,33,37)/t26-,27+/m0/s1. The number of pyridine rings is 1. The number of imidazole rings is 1. The number of nitrogens with zero attached hydrogens (tertiary/aromatic N) is 5.